The Morgan fingerprint density at radius 2 is 2.12 bits per heavy atom. The van der Waals surface area contributed by atoms with Crippen molar-refractivity contribution >= 4 is 11.5 Å². The van der Waals surface area contributed by atoms with Crippen molar-refractivity contribution in [1.29, 1.82) is 0 Å². The molecule has 2 fully saturated rings. The number of rotatable bonds is 4. The normalized spacial score (nSPS) is 22.9. The van der Waals surface area contributed by atoms with Crippen LogP contribution in [0.25, 0.3) is 0 Å². The van der Waals surface area contributed by atoms with Crippen molar-refractivity contribution < 1.29 is 9.13 Å². The Labute approximate surface area is 151 Å². The first-order chi connectivity index (χ1) is 12.6. The van der Waals surface area contributed by atoms with Gasteiger partial charge in [-0.3, -0.25) is 4.99 Å². The maximum atomic E-state index is 13.5. The van der Waals surface area contributed by atoms with Gasteiger partial charge in [-0.2, -0.15) is 0 Å². The molecular formula is C20H21FN4O. The van der Waals surface area contributed by atoms with Crippen LogP contribution in [0.5, 0.6) is 5.75 Å². The number of aliphatic imine (C=N–C) groups is 1. The Hall–Kier alpha value is -2.50. The van der Waals surface area contributed by atoms with Gasteiger partial charge in [-0.1, -0.05) is 6.07 Å². The Morgan fingerprint density at radius 3 is 2.88 bits per heavy atom. The molecule has 1 aromatic carbocycles. The standard InChI is InChI=1S/C20H21FN4O/c1-20(5-6-20)26-15-3-2-13-10-22-19(16(13)8-15)17-9-18(24-12-23-17)25-7-4-14(21)11-25/h2-3,8-9,12,14H,4-7,10-11H2,1H3/t14-/m1/s1. The number of ether oxygens (including phenoxy) is 1. The molecule has 1 saturated heterocycles. The van der Waals surface area contributed by atoms with Crippen LogP contribution in [0.4, 0.5) is 10.2 Å². The van der Waals surface area contributed by atoms with Crippen molar-refractivity contribution in [1.82, 2.24) is 9.97 Å². The van der Waals surface area contributed by atoms with Crippen LogP contribution in [0.15, 0.2) is 35.6 Å². The lowest BCUT2D eigenvalue weighted by molar-refractivity contribution is 0.200. The molecule has 134 valence electrons. The summed E-state index contributed by atoms with van der Waals surface area (Å²) in [6.45, 7) is 3.88. The van der Waals surface area contributed by atoms with E-state index in [1.807, 2.05) is 17.0 Å². The average Bonchev–Trinajstić information content (AvgIpc) is 3.05. The highest BCUT2D eigenvalue weighted by Crippen LogP contribution is 2.40. The molecule has 1 atom stereocenters. The van der Waals surface area contributed by atoms with Gasteiger partial charge in [-0.15, -0.1) is 0 Å². The van der Waals surface area contributed by atoms with Gasteiger partial charge in [0.05, 0.1) is 24.5 Å². The lowest BCUT2D eigenvalue weighted by Crippen LogP contribution is -2.21. The number of hydrogen-bond acceptors (Lipinski definition) is 5. The Kier molecular flexibility index (Phi) is 3.48. The third kappa shape index (κ3) is 2.83. The molecule has 0 bridgehead atoms. The summed E-state index contributed by atoms with van der Waals surface area (Å²) in [5.74, 6) is 1.65. The van der Waals surface area contributed by atoms with Crippen LogP contribution in [0.1, 0.15) is 43.0 Å². The van der Waals surface area contributed by atoms with Gasteiger partial charge in [-0.05, 0) is 43.9 Å². The molecule has 0 amide bonds. The molecule has 0 unspecified atom stereocenters. The van der Waals surface area contributed by atoms with Gasteiger partial charge in [0, 0.05) is 18.2 Å². The van der Waals surface area contributed by atoms with Gasteiger partial charge in [0.1, 0.15) is 29.7 Å². The van der Waals surface area contributed by atoms with Crippen molar-refractivity contribution in [3.05, 3.63) is 47.4 Å². The minimum absolute atomic E-state index is 0.00903. The molecule has 2 aliphatic heterocycles. The smallest absolute Gasteiger partial charge is 0.132 e. The van der Waals surface area contributed by atoms with E-state index < -0.39 is 6.17 Å². The zero-order chi connectivity index (χ0) is 17.7. The number of anilines is 1. The number of alkyl halides is 1. The van der Waals surface area contributed by atoms with Crippen LogP contribution < -0.4 is 9.64 Å². The number of fused-ring (bicyclic) bond motifs is 1. The van der Waals surface area contributed by atoms with Gasteiger partial charge in [0.15, 0.2) is 0 Å². The van der Waals surface area contributed by atoms with E-state index in [-0.39, 0.29) is 5.60 Å². The fourth-order valence-corrected chi connectivity index (χ4v) is 3.58. The second kappa shape index (κ2) is 5.76. The van der Waals surface area contributed by atoms with E-state index in [0.29, 0.717) is 26.1 Å². The van der Waals surface area contributed by atoms with Gasteiger partial charge in [-0.25, -0.2) is 14.4 Å². The van der Waals surface area contributed by atoms with E-state index in [1.54, 1.807) is 6.33 Å². The molecule has 0 spiro atoms. The predicted molar refractivity (Wildman–Crippen MR) is 97.8 cm³/mol. The molecule has 5 rings (SSSR count). The molecule has 0 radical (unpaired) electrons. The summed E-state index contributed by atoms with van der Waals surface area (Å²) in [4.78, 5) is 15.4. The van der Waals surface area contributed by atoms with Gasteiger partial charge in [0.2, 0.25) is 0 Å². The van der Waals surface area contributed by atoms with Crippen LogP contribution >= 0.6 is 0 Å². The summed E-state index contributed by atoms with van der Waals surface area (Å²) < 4.78 is 19.6. The molecule has 0 N–H and O–H groups in total. The molecule has 3 heterocycles. The molecule has 1 aliphatic carbocycles. The van der Waals surface area contributed by atoms with Crippen LogP contribution in [0, 0.1) is 0 Å². The van der Waals surface area contributed by atoms with Crippen molar-refractivity contribution in [2.45, 2.75) is 44.5 Å². The first-order valence-corrected chi connectivity index (χ1v) is 9.18. The molecule has 1 aromatic heterocycles. The van der Waals surface area contributed by atoms with E-state index in [4.69, 9.17) is 4.74 Å². The molecule has 2 aromatic rings. The van der Waals surface area contributed by atoms with Crippen LogP contribution in [0.2, 0.25) is 0 Å². The fourth-order valence-electron chi connectivity index (χ4n) is 3.58. The van der Waals surface area contributed by atoms with Crippen LogP contribution in [-0.2, 0) is 6.54 Å². The minimum atomic E-state index is -0.776. The first-order valence-electron chi connectivity index (χ1n) is 9.18. The fraction of sp³-hybridized carbons (Fsp3) is 0.450. The van der Waals surface area contributed by atoms with Gasteiger partial charge < -0.3 is 9.64 Å². The summed E-state index contributed by atoms with van der Waals surface area (Å²) >= 11 is 0. The predicted octanol–water partition coefficient (Wildman–Crippen LogP) is 3.31. The van der Waals surface area contributed by atoms with E-state index in [2.05, 4.69) is 34.0 Å². The minimum Gasteiger partial charge on any atom is -0.488 e. The highest BCUT2D eigenvalue weighted by atomic mass is 19.1. The summed E-state index contributed by atoms with van der Waals surface area (Å²) in [7, 11) is 0. The topological polar surface area (TPSA) is 50.6 Å². The summed E-state index contributed by atoms with van der Waals surface area (Å²) in [5, 5.41) is 0. The van der Waals surface area contributed by atoms with Crippen molar-refractivity contribution in [3.8, 4) is 5.75 Å². The first kappa shape index (κ1) is 15.7. The third-order valence-electron chi connectivity index (χ3n) is 5.41. The second-order valence-electron chi connectivity index (χ2n) is 7.63. The summed E-state index contributed by atoms with van der Waals surface area (Å²) in [6, 6.07) is 8.10. The zero-order valence-corrected chi connectivity index (χ0v) is 14.8. The number of halogens is 1. The molecule has 3 aliphatic rings. The lowest BCUT2D eigenvalue weighted by atomic mass is 10.0. The molecule has 6 heteroatoms. The summed E-state index contributed by atoms with van der Waals surface area (Å²) in [6.07, 6.45) is 3.53. The van der Waals surface area contributed by atoms with E-state index >= 15 is 0 Å². The highest BCUT2D eigenvalue weighted by Gasteiger charge is 2.40. The average molecular weight is 352 g/mol. The third-order valence-corrected chi connectivity index (χ3v) is 5.41. The monoisotopic (exact) mass is 352 g/mol. The number of benzene rings is 1. The Morgan fingerprint density at radius 1 is 1.23 bits per heavy atom. The number of aromatic nitrogens is 2. The van der Waals surface area contributed by atoms with Crippen molar-refractivity contribution in [2.24, 2.45) is 4.99 Å². The number of nitrogens with zero attached hydrogens (tertiary/aromatic N) is 4. The van der Waals surface area contributed by atoms with Gasteiger partial charge in [0.25, 0.3) is 0 Å². The maximum absolute atomic E-state index is 13.5. The van der Waals surface area contributed by atoms with Crippen molar-refractivity contribution in [2.75, 3.05) is 18.0 Å². The van der Waals surface area contributed by atoms with Crippen LogP contribution in [0.3, 0.4) is 0 Å². The quantitative estimate of drug-likeness (QED) is 0.847. The summed E-state index contributed by atoms with van der Waals surface area (Å²) in [5.41, 5.74) is 3.89. The van der Waals surface area contributed by atoms with Crippen molar-refractivity contribution in [3.63, 3.8) is 0 Å². The SMILES string of the molecule is CC1(Oc2ccc3c(c2)C(c2cc(N4CC[C@@H](F)C4)ncn2)=NC3)CC1. The Bertz CT molecular complexity index is 893. The molecule has 5 nitrogen and oxygen atoms in total. The Balaban J connectivity index is 1.44. The highest BCUT2D eigenvalue weighted by molar-refractivity contribution is 6.14. The number of hydrogen-bond donors (Lipinski definition) is 0. The second-order valence-corrected chi connectivity index (χ2v) is 7.63. The van der Waals surface area contributed by atoms with Crippen LogP contribution in [-0.4, -0.2) is 40.5 Å². The van der Waals surface area contributed by atoms with E-state index in [0.717, 1.165) is 41.4 Å². The zero-order valence-electron chi connectivity index (χ0n) is 14.8. The molecule has 1 saturated carbocycles. The largest absolute Gasteiger partial charge is 0.488 e. The molecular weight excluding hydrogens is 331 g/mol. The van der Waals surface area contributed by atoms with E-state index in [9.17, 15) is 4.39 Å². The lowest BCUT2D eigenvalue weighted by Gasteiger charge is -2.17. The van der Waals surface area contributed by atoms with E-state index in [1.165, 1.54) is 5.56 Å². The molecule has 26 heavy (non-hydrogen) atoms. The maximum Gasteiger partial charge on any atom is 0.132 e. The van der Waals surface area contributed by atoms with Gasteiger partial charge >= 0.3 is 0 Å².